The third kappa shape index (κ3) is 5.25. The normalized spacial score (nSPS) is 12.6. The molecule has 0 aliphatic heterocycles. The summed E-state index contributed by atoms with van der Waals surface area (Å²) in [4.78, 5) is 2.43. The highest BCUT2D eigenvalue weighted by atomic mass is 16.5. The Kier molecular flexibility index (Phi) is 8.74. The van der Waals surface area contributed by atoms with Gasteiger partial charge in [0.05, 0.1) is 17.5 Å². The second-order valence-electron chi connectivity index (χ2n) is 5.35. The Morgan fingerprint density at radius 1 is 1.20 bits per heavy atom. The molecule has 4 nitrogen and oxygen atoms in total. The summed E-state index contributed by atoms with van der Waals surface area (Å²) < 4.78 is 7.37. The van der Waals surface area contributed by atoms with Gasteiger partial charge in [0.2, 0.25) is 0 Å². The molecule has 0 spiro atoms. The summed E-state index contributed by atoms with van der Waals surface area (Å²) in [5.74, 6) is 0. The van der Waals surface area contributed by atoms with E-state index >= 15 is 0 Å². The highest BCUT2D eigenvalue weighted by Crippen LogP contribution is 2.16. The van der Waals surface area contributed by atoms with Gasteiger partial charge in [0.1, 0.15) is 0 Å². The van der Waals surface area contributed by atoms with Gasteiger partial charge in [0, 0.05) is 33.3 Å². The quantitative estimate of drug-likeness (QED) is 0.802. The molecule has 0 N–H and O–H groups in total. The number of rotatable bonds is 6. The first-order valence-electron chi connectivity index (χ1n) is 7.62. The zero-order valence-corrected chi connectivity index (χ0v) is 14.8. The molecule has 1 aromatic heterocycles. The largest absolute Gasteiger partial charge is 0.380 e. The summed E-state index contributed by atoms with van der Waals surface area (Å²) in [6, 6.07) is 0.497. The molecule has 0 fully saturated rings. The zero-order valence-electron chi connectivity index (χ0n) is 14.8. The number of hydrogen-bond donors (Lipinski definition) is 0. The molecule has 0 saturated carbocycles. The Balaban J connectivity index is 0.00000172. The van der Waals surface area contributed by atoms with E-state index in [-0.39, 0.29) is 6.10 Å². The molecule has 1 atom stereocenters. The number of hydrogen-bond acceptors (Lipinski definition) is 3. The van der Waals surface area contributed by atoms with Crippen LogP contribution >= 0.6 is 0 Å². The predicted octanol–water partition coefficient (Wildman–Crippen LogP) is 3.31. The van der Waals surface area contributed by atoms with E-state index < -0.39 is 0 Å². The van der Waals surface area contributed by atoms with Gasteiger partial charge in [0.25, 0.3) is 0 Å². The van der Waals surface area contributed by atoms with Crippen LogP contribution in [-0.2, 0) is 18.3 Å². The first-order chi connectivity index (χ1) is 9.36. The van der Waals surface area contributed by atoms with Crippen molar-refractivity contribution in [1.29, 1.82) is 0 Å². The summed E-state index contributed by atoms with van der Waals surface area (Å²) >= 11 is 0. The molecular formula is C16H33N3O. The minimum absolute atomic E-state index is 0.252. The van der Waals surface area contributed by atoms with Crippen molar-refractivity contribution in [2.45, 2.75) is 67.2 Å². The van der Waals surface area contributed by atoms with E-state index in [1.54, 1.807) is 7.11 Å². The van der Waals surface area contributed by atoms with Crippen molar-refractivity contribution in [3.05, 3.63) is 17.0 Å². The molecule has 1 heterocycles. The molecule has 1 aromatic rings. The molecule has 20 heavy (non-hydrogen) atoms. The third-order valence-corrected chi connectivity index (χ3v) is 3.64. The summed E-state index contributed by atoms with van der Waals surface area (Å²) in [5, 5.41) is 4.48. The minimum atomic E-state index is 0.252. The molecule has 0 aliphatic carbocycles. The molecule has 0 amide bonds. The van der Waals surface area contributed by atoms with E-state index in [0.29, 0.717) is 6.04 Å². The lowest BCUT2D eigenvalue weighted by atomic mass is 10.2. The lowest BCUT2D eigenvalue weighted by Gasteiger charge is -2.29. The molecule has 0 saturated heterocycles. The number of nitrogens with zero attached hydrogens (tertiary/aromatic N) is 3. The van der Waals surface area contributed by atoms with Gasteiger partial charge in [-0.15, -0.1) is 0 Å². The monoisotopic (exact) mass is 283 g/mol. The summed E-state index contributed by atoms with van der Waals surface area (Å²) in [6.07, 6.45) is 0.252. The van der Waals surface area contributed by atoms with E-state index in [1.165, 1.54) is 11.3 Å². The third-order valence-electron chi connectivity index (χ3n) is 3.64. The van der Waals surface area contributed by atoms with Crippen LogP contribution in [-0.4, -0.2) is 40.5 Å². The Hall–Kier alpha value is -0.870. The smallest absolute Gasteiger partial charge is 0.0670 e. The van der Waals surface area contributed by atoms with Gasteiger partial charge in [-0.2, -0.15) is 5.10 Å². The van der Waals surface area contributed by atoms with Gasteiger partial charge in [0.15, 0.2) is 0 Å². The van der Waals surface area contributed by atoms with E-state index in [2.05, 4.69) is 44.6 Å². The van der Waals surface area contributed by atoms with Crippen LogP contribution in [0.2, 0.25) is 0 Å². The Morgan fingerprint density at radius 3 is 2.10 bits per heavy atom. The van der Waals surface area contributed by atoms with Crippen molar-refractivity contribution in [1.82, 2.24) is 14.7 Å². The van der Waals surface area contributed by atoms with E-state index in [4.69, 9.17) is 4.74 Å². The van der Waals surface area contributed by atoms with Crippen LogP contribution in [0.15, 0.2) is 0 Å². The predicted molar refractivity (Wildman–Crippen MR) is 86.0 cm³/mol. The molecule has 4 heteroatoms. The molecule has 1 unspecified atom stereocenters. The van der Waals surface area contributed by atoms with Gasteiger partial charge >= 0.3 is 0 Å². The highest BCUT2D eigenvalue weighted by molar-refractivity contribution is 5.23. The van der Waals surface area contributed by atoms with Gasteiger partial charge < -0.3 is 4.74 Å². The lowest BCUT2D eigenvalue weighted by Crippen LogP contribution is -2.37. The maximum Gasteiger partial charge on any atom is 0.0670 e. The second-order valence-corrected chi connectivity index (χ2v) is 5.35. The topological polar surface area (TPSA) is 30.3 Å². The standard InChI is InChI=1S/C14H27N3O.C2H6/c1-10(2)17(8-11(3)18-7)9-14-12(4)13(5)15-16(14)6;1-2/h10-11H,8-9H2,1-7H3;1-2H3. The average molecular weight is 283 g/mol. The van der Waals surface area contributed by atoms with Crippen molar-refractivity contribution < 1.29 is 4.74 Å². The van der Waals surface area contributed by atoms with Crippen LogP contribution < -0.4 is 0 Å². The van der Waals surface area contributed by atoms with Crippen molar-refractivity contribution in [2.75, 3.05) is 13.7 Å². The fourth-order valence-electron chi connectivity index (χ4n) is 2.09. The van der Waals surface area contributed by atoms with E-state index in [1.807, 2.05) is 25.6 Å². The molecule has 0 aromatic carbocycles. The first kappa shape index (κ1) is 19.1. The van der Waals surface area contributed by atoms with Crippen LogP contribution in [0.5, 0.6) is 0 Å². The second kappa shape index (κ2) is 9.14. The molecular weight excluding hydrogens is 250 g/mol. The van der Waals surface area contributed by atoms with Crippen molar-refractivity contribution in [3.8, 4) is 0 Å². The van der Waals surface area contributed by atoms with Crippen LogP contribution in [0.1, 0.15) is 51.6 Å². The van der Waals surface area contributed by atoms with Gasteiger partial charge in [-0.1, -0.05) is 13.8 Å². The maximum atomic E-state index is 5.37. The number of methoxy groups -OCH3 is 1. The summed E-state index contributed by atoms with van der Waals surface area (Å²) in [6.45, 7) is 16.6. The molecule has 0 radical (unpaired) electrons. The highest BCUT2D eigenvalue weighted by Gasteiger charge is 2.17. The molecule has 0 aliphatic rings. The molecule has 1 rings (SSSR count). The number of ether oxygens (including phenoxy) is 1. The minimum Gasteiger partial charge on any atom is -0.380 e. The van der Waals surface area contributed by atoms with Crippen LogP contribution in [0, 0.1) is 13.8 Å². The number of aryl methyl sites for hydroxylation is 2. The first-order valence-corrected chi connectivity index (χ1v) is 7.62. The van der Waals surface area contributed by atoms with Crippen LogP contribution in [0.25, 0.3) is 0 Å². The van der Waals surface area contributed by atoms with Gasteiger partial charge in [-0.25, -0.2) is 0 Å². The fourth-order valence-corrected chi connectivity index (χ4v) is 2.09. The van der Waals surface area contributed by atoms with Gasteiger partial charge in [-0.3, -0.25) is 9.58 Å². The summed E-state index contributed by atoms with van der Waals surface area (Å²) in [5.41, 5.74) is 3.72. The summed E-state index contributed by atoms with van der Waals surface area (Å²) in [7, 11) is 3.79. The van der Waals surface area contributed by atoms with E-state index in [0.717, 1.165) is 18.8 Å². The lowest BCUT2D eigenvalue weighted by molar-refractivity contribution is 0.0611. The van der Waals surface area contributed by atoms with E-state index in [9.17, 15) is 0 Å². The molecule has 0 bridgehead atoms. The van der Waals surface area contributed by atoms with Crippen LogP contribution in [0.4, 0.5) is 0 Å². The number of aromatic nitrogens is 2. The SMILES string of the molecule is CC.COC(C)CN(Cc1c(C)c(C)nn1C)C(C)C. The Morgan fingerprint density at radius 2 is 1.75 bits per heavy atom. The fraction of sp³-hybridized carbons (Fsp3) is 0.812. The van der Waals surface area contributed by atoms with Crippen molar-refractivity contribution >= 4 is 0 Å². The Bertz CT molecular complexity index is 385. The van der Waals surface area contributed by atoms with Crippen molar-refractivity contribution in [3.63, 3.8) is 0 Å². The maximum absolute atomic E-state index is 5.37. The van der Waals surface area contributed by atoms with Crippen molar-refractivity contribution in [2.24, 2.45) is 7.05 Å². The average Bonchev–Trinajstić information content (AvgIpc) is 2.66. The van der Waals surface area contributed by atoms with Gasteiger partial charge in [-0.05, 0) is 40.2 Å². The Labute approximate surface area is 125 Å². The zero-order chi connectivity index (χ0) is 15.9. The molecule has 118 valence electrons. The van der Waals surface area contributed by atoms with Crippen LogP contribution in [0.3, 0.4) is 0 Å².